The number of nitrogens with zero attached hydrogens (tertiary/aromatic N) is 3. The smallest absolute Gasteiger partial charge is 0.308 e. The minimum absolute atomic E-state index is 0.166. The molecule has 0 radical (unpaired) electrons. The fourth-order valence-electron chi connectivity index (χ4n) is 2.93. The van der Waals surface area contributed by atoms with Crippen LogP contribution in [-0.2, 0) is 9.53 Å². The van der Waals surface area contributed by atoms with Gasteiger partial charge in [-0.05, 0) is 31.0 Å². The topological polar surface area (TPSA) is 81.5 Å². The molecule has 0 unspecified atom stereocenters. The Morgan fingerprint density at radius 2 is 1.76 bits per heavy atom. The van der Waals surface area contributed by atoms with E-state index in [4.69, 9.17) is 4.74 Å². The summed E-state index contributed by atoms with van der Waals surface area (Å²) in [6.07, 6.45) is 1.13. The Morgan fingerprint density at radius 3 is 2.40 bits per heavy atom. The number of esters is 1. The van der Waals surface area contributed by atoms with E-state index in [2.05, 4.69) is 5.10 Å². The third-order valence-corrected chi connectivity index (χ3v) is 4.34. The molecule has 130 valence electrons. The molecule has 0 aliphatic carbocycles. The molecule has 1 fully saturated rings. The van der Waals surface area contributed by atoms with Crippen molar-refractivity contribution in [3.63, 3.8) is 0 Å². The monoisotopic (exact) mass is 341 g/mol. The number of benzene rings is 1. The third kappa shape index (κ3) is 3.60. The zero-order valence-electron chi connectivity index (χ0n) is 13.9. The average molecular weight is 341 g/mol. The SMILES string of the molecule is COC(=O)C1CCN(C(=O)c2ccc(=O)n(-c3ccccc3)n2)CC1. The largest absolute Gasteiger partial charge is 0.469 e. The Kier molecular flexibility index (Phi) is 4.92. The molecule has 1 aromatic carbocycles. The van der Waals surface area contributed by atoms with Crippen LogP contribution in [0.1, 0.15) is 23.3 Å². The van der Waals surface area contributed by atoms with Gasteiger partial charge in [0, 0.05) is 19.2 Å². The second-order valence-electron chi connectivity index (χ2n) is 5.89. The van der Waals surface area contributed by atoms with Crippen LogP contribution in [0, 0.1) is 5.92 Å². The van der Waals surface area contributed by atoms with Gasteiger partial charge in [-0.3, -0.25) is 14.4 Å². The molecule has 1 saturated heterocycles. The summed E-state index contributed by atoms with van der Waals surface area (Å²) in [6, 6.07) is 11.7. The van der Waals surface area contributed by atoms with Crippen molar-refractivity contribution in [1.29, 1.82) is 0 Å². The van der Waals surface area contributed by atoms with Gasteiger partial charge in [-0.2, -0.15) is 9.78 Å². The summed E-state index contributed by atoms with van der Waals surface area (Å²) in [6.45, 7) is 0.926. The van der Waals surface area contributed by atoms with Gasteiger partial charge in [0.25, 0.3) is 11.5 Å². The number of piperidine rings is 1. The molecule has 2 aromatic rings. The zero-order chi connectivity index (χ0) is 17.8. The van der Waals surface area contributed by atoms with Crippen LogP contribution in [0.15, 0.2) is 47.3 Å². The summed E-state index contributed by atoms with van der Waals surface area (Å²) in [5.74, 6) is -0.642. The normalized spacial score (nSPS) is 15.0. The van der Waals surface area contributed by atoms with E-state index < -0.39 is 0 Å². The lowest BCUT2D eigenvalue weighted by Gasteiger charge is -2.30. The Labute approximate surface area is 144 Å². The van der Waals surface area contributed by atoms with E-state index in [1.807, 2.05) is 6.07 Å². The molecule has 0 saturated carbocycles. The Morgan fingerprint density at radius 1 is 1.08 bits per heavy atom. The van der Waals surface area contributed by atoms with Crippen molar-refractivity contribution >= 4 is 11.9 Å². The van der Waals surface area contributed by atoms with Crippen LogP contribution in [0.2, 0.25) is 0 Å². The minimum Gasteiger partial charge on any atom is -0.469 e. The highest BCUT2D eigenvalue weighted by molar-refractivity contribution is 5.92. The second kappa shape index (κ2) is 7.29. The van der Waals surface area contributed by atoms with E-state index in [9.17, 15) is 14.4 Å². The van der Waals surface area contributed by atoms with Gasteiger partial charge in [-0.25, -0.2) is 0 Å². The number of ether oxygens (including phenoxy) is 1. The van der Waals surface area contributed by atoms with Crippen molar-refractivity contribution in [2.24, 2.45) is 5.92 Å². The summed E-state index contributed by atoms with van der Waals surface area (Å²) in [5.41, 5.74) is 0.513. The number of para-hydroxylation sites is 1. The van der Waals surface area contributed by atoms with Crippen LogP contribution in [-0.4, -0.2) is 46.8 Å². The number of aromatic nitrogens is 2. The fourth-order valence-corrected chi connectivity index (χ4v) is 2.93. The first-order chi connectivity index (χ1) is 12.1. The molecule has 1 aromatic heterocycles. The highest BCUT2D eigenvalue weighted by atomic mass is 16.5. The van der Waals surface area contributed by atoms with E-state index in [-0.39, 0.29) is 29.0 Å². The first kappa shape index (κ1) is 16.9. The Hall–Kier alpha value is -2.96. The molecule has 0 bridgehead atoms. The number of carbonyl (C=O) groups is 2. The van der Waals surface area contributed by atoms with Gasteiger partial charge in [0.05, 0.1) is 18.7 Å². The van der Waals surface area contributed by atoms with Crippen molar-refractivity contribution in [2.75, 3.05) is 20.2 Å². The van der Waals surface area contributed by atoms with Crippen LogP contribution in [0.3, 0.4) is 0 Å². The van der Waals surface area contributed by atoms with Gasteiger partial charge in [0.15, 0.2) is 0 Å². The standard InChI is InChI=1S/C18H19N3O4/c1-25-18(24)13-9-11-20(12-10-13)17(23)15-7-8-16(22)21(19-15)14-5-3-2-4-6-14/h2-8,13H,9-12H2,1H3. The van der Waals surface area contributed by atoms with Gasteiger partial charge in [0.2, 0.25) is 0 Å². The Balaban J connectivity index is 1.78. The predicted molar refractivity (Wildman–Crippen MR) is 90.5 cm³/mol. The fraction of sp³-hybridized carbons (Fsp3) is 0.333. The first-order valence-corrected chi connectivity index (χ1v) is 8.13. The molecule has 1 aliphatic heterocycles. The molecule has 0 spiro atoms. The second-order valence-corrected chi connectivity index (χ2v) is 5.89. The van der Waals surface area contributed by atoms with Crippen LogP contribution in [0.5, 0.6) is 0 Å². The molecular weight excluding hydrogens is 322 g/mol. The van der Waals surface area contributed by atoms with E-state index in [0.717, 1.165) is 0 Å². The zero-order valence-corrected chi connectivity index (χ0v) is 13.9. The van der Waals surface area contributed by atoms with E-state index in [0.29, 0.717) is 31.6 Å². The molecule has 0 N–H and O–H groups in total. The van der Waals surface area contributed by atoms with Gasteiger partial charge < -0.3 is 9.64 Å². The predicted octanol–water partition coefficient (Wildman–Crippen LogP) is 1.26. The number of rotatable bonds is 3. The van der Waals surface area contributed by atoms with E-state index >= 15 is 0 Å². The summed E-state index contributed by atoms with van der Waals surface area (Å²) in [5, 5.41) is 4.21. The molecule has 1 aliphatic rings. The maximum Gasteiger partial charge on any atom is 0.308 e. The first-order valence-electron chi connectivity index (χ1n) is 8.13. The van der Waals surface area contributed by atoms with Crippen LogP contribution in [0.4, 0.5) is 0 Å². The maximum absolute atomic E-state index is 12.7. The van der Waals surface area contributed by atoms with Gasteiger partial charge in [-0.1, -0.05) is 18.2 Å². The lowest BCUT2D eigenvalue weighted by atomic mass is 9.97. The third-order valence-electron chi connectivity index (χ3n) is 4.34. The lowest BCUT2D eigenvalue weighted by Crippen LogP contribution is -2.41. The number of hydrogen-bond donors (Lipinski definition) is 0. The number of carbonyl (C=O) groups excluding carboxylic acids is 2. The van der Waals surface area contributed by atoms with Crippen molar-refractivity contribution in [3.8, 4) is 5.69 Å². The van der Waals surface area contributed by atoms with Crippen molar-refractivity contribution in [1.82, 2.24) is 14.7 Å². The molecule has 7 nitrogen and oxygen atoms in total. The van der Waals surface area contributed by atoms with Crippen LogP contribution >= 0.6 is 0 Å². The highest BCUT2D eigenvalue weighted by Gasteiger charge is 2.29. The summed E-state index contributed by atoms with van der Waals surface area (Å²) in [4.78, 5) is 37.9. The summed E-state index contributed by atoms with van der Waals surface area (Å²) < 4.78 is 5.97. The van der Waals surface area contributed by atoms with Gasteiger partial charge >= 0.3 is 5.97 Å². The molecular formula is C18H19N3O4. The van der Waals surface area contributed by atoms with Gasteiger partial charge in [0.1, 0.15) is 5.69 Å². The minimum atomic E-state index is -0.299. The summed E-state index contributed by atoms with van der Waals surface area (Å²) >= 11 is 0. The number of methoxy groups -OCH3 is 1. The van der Waals surface area contributed by atoms with E-state index in [1.54, 1.807) is 29.2 Å². The maximum atomic E-state index is 12.7. The van der Waals surface area contributed by atoms with Crippen LogP contribution in [0.25, 0.3) is 5.69 Å². The molecule has 0 atom stereocenters. The molecule has 3 rings (SSSR count). The number of likely N-dealkylation sites (tertiary alicyclic amines) is 1. The summed E-state index contributed by atoms with van der Waals surface area (Å²) in [7, 11) is 1.37. The van der Waals surface area contributed by atoms with Crippen molar-refractivity contribution in [3.05, 3.63) is 58.5 Å². The quantitative estimate of drug-likeness (QED) is 0.785. The van der Waals surface area contributed by atoms with E-state index in [1.165, 1.54) is 23.9 Å². The number of hydrogen-bond acceptors (Lipinski definition) is 5. The number of amides is 1. The molecule has 25 heavy (non-hydrogen) atoms. The molecule has 7 heteroatoms. The highest BCUT2D eigenvalue weighted by Crippen LogP contribution is 2.19. The average Bonchev–Trinajstić information content (AvgIpc) is 2.68. The van der Waals surface area contributed by atoms with Gasteiger partial charge in [-0.15, -0.1) is 0 Å². The lowest BCUT2D eigenvalue weighted by molar-refractivity contribution is -0.146. The van der Waals surface area contributed by atoms with Crippen LogP contribution < -0.4 is 5.56 Å². The Bertz CT molecular complexity index is 824. The molecule has 1 amide bonds. The van der Waals surface area contributed by atoms with Crippen molar-refractivity contribution in [2.45, 2.75) is 12.8 Å². The van der Waals surface area contributed by atoms with Crippen molar-refractivity contribution < 1.29 is 14.3 Å². The molecule has 2 heterocycles.